The molecule has 2 aromatic carbocycles. The van der Waals surface area contributed by atoms with Crippen molar-refractivity contribution in [3.05, 3.63) is 75.3 Å². The first kappa shape index (κ1) is 18.1. The molecule has 3 rings (SSSR count). The molecule has 0 bridgehead atoms. The molecule has 1 aliphatic rings. The van der Waals surface area contributed by atoms with Gasteiger partial charge in [-0.15, -0.1) is 0 Å². The van der Waals surface area contributed by atoms with Crippen LogP contribution < -0.4 is 0 Å². The number of nitro benzene ring substituents is 1. The maximum Gasteiger partial charge on any atom is 0.272 e. The fourth-order valence-corrected chi connectivity index (χ4v) is 3.88. The highest BCUT2D eigenvalue weighted by atomic mass is 16.6. The van der Waals surface area contributed by atoms with E-state index in [1.807, 2.05) is 18.0 Å². The zero-order valence-electron chi connectivity index (χ0n) is 15.2. The fraction of sp³-hybridized carbons (Fsp3) is 0.381. The van der Waals surface area contributed by atoms with Gasteiger partial charge < -0.3 is 4.90 Å². The van der Waals surface area contributed by atoms with E-state index in [0.717, 1.165) is 25.7 Å². The molecule has 2 aromatic rings. The third-order valence-electron chi connectivity index (χ3n) is 5.48. The molecule has 5 nitrogen and oxygen atoms in total. The number of carbonyl (C=O) groups is 1. The van der Waals surface area contributed by atoms with E-state index in [9.17, 15) is 14.9 Å². The number of hydrogen-bond donors (Lipinski definition) is 0. The average molecular weight is 352 g/mol. The van der Waals surface area contributed by atoms with Gasteiger partial charge in [0.2, 0.25) is 0 Å². The average Bonchev–Trinajstić information content (AvgIpc) is 2.67. The monoisotopic (exact) mass is 352 g/mol. The molecule has 1 fully saturated rings. The number of amides is 1. The molecule has 0 radical (unpaired) electrons. The minimum atomic E-state index is -0.418. The Hall–Kier alpha value is -2.69. The van der Waals surface area contributed by atoms with Crippen LogP contribution in [-0.4, -0.2) is 28.8 Å². The van der Waals surface area contributed by atoms with Gasteiger partial charge in [-0.05, 0) is 56.2 Å². The lowest BCUT2D eigenvalue weighted by Crippen LogP contribution is -2.39. The highest BCUT2D eigenvalue weighted by molar-refractivity contribution is 5.94. The number of carbonyl (C=O) groups excluding carboxylic acids is 1. The maximum absolute atomic E-state index is 12.8. The molecular formula is C21H24N2O3. The van der Waals surface area contributed by atoms with E-state index < -0.39 is 4.92 Å². The Balaban J connectivity index is 1.65. The highest BCUT2D eigenvalue weighted by Gasteiger charge is 2.28. The number of hydrogen-bond acceptors (Lipinski definition) is 3. The highest BCUT2D eigenvalue weighted by Crippen LogP contribution is 2.34. The van der Waals surface area contributed by atoms with Crippen LogP contribution in [0.3, 0.4) is 0 Å². The summed E-state index contributed by atoms with van der Waals surface area (Å²) >= 11 is 0. The van der Waals surface area contributed by atoms with E-state index in [0.29, 0.717) is 17.0 Å². The van der Waals surface area contributed by atoms with Crippen molar-refractivity contribution >= 4 is 11.6 Å². The van der Waals surface area contributed by atoms with Gasteiger partial charge in [0.15, 0.2) is 0 Å². The van der Waals surface area contributed by atoms with E-state index in [2.05, 4.69) is 24.3 Å². The zero-order chi connectivity index (χ0) is 18.7. The van der Waals surface area contributed by atoms with Gasteiger partial charge in [0, 0.05) is 30.3 Å². The molecule has 1 aliphatic carbocycles. The van der Waals surface area contributed by atoms with Crippen LogP contribution in [0.1, 0.15) is 53.1 Å². The van der Waals surface area contributed by atoms with Gasteiger partial charge >= 0.3 is 0 Å². The normalized spacial score (nSPS) is 19.8. The third-order valence-corrected chi connectivity index (χ3v) is 5.48. The molecule has 136 valence electrons. The van der Waals surface area contributed by atoms with Gasteiger partial charge in [0.05, 0.1) is 4.92 Å². The van der Waals surface area contributed by atoms with Crippen molar-refractivity contribution in [1.29, 1.82) is 0 Å². The van der Waals surface area contributed by atoms with E-state index in [1.165, 1.54) is 11.6 Å². The maximum atomic E-state index is 12.8. The first-order valence-electron chi connectivity index (χ1n) is 9.04. The summed E-state index contributed by atoms with van der Waals surface area (Å²) in [6.07, 6.45) is 4.11. The smallest absolute Gasteiger partial charge is 0.272 e. The largest absolute Gasteiger partial charge is 0.339 e. The minimum absolute atomic E-state index is 0.0487. The van der Waals surface area contributed by atoms with E-state index in [1.54, 1.807) is 19.1 Å². The minimum Gasteiger partial charge on any atom is -0.339 e. The quantitative estimate of drug-likeness (QED) is 0.592. The molecule has 1 amide bonds. The van der Waals surface area contributed by atoms with Crippen LogP contribution in [0.4, 0.5) is 5.69 Å². The van der Waals surface area contributed by atoms with Gasteiger partial charge in [0.1, 0.15) is 0 Å². The molecule has 0 atom stereocenters. The van der Waals surface area contributed by atoms with Crippen molar-refractivity contribution in [3.63, 3.8) is 0 Å². The van der Waals surface area contributed by atoms with Crippen molar-refractivity contribution < 1.29 is 9.72 Å². The molecule has 0 heterocycles. The summed E-state index contributed by atoms with van der Waals surface area (Å²) in [6, 6.07) is 15.4. The summed E-state index contributed by atoms with van der Waals surface area (Å²) < 4.78 is 0. The topological polar surface area (TPSA) is 63.5 Å². The fourth-order valence-electron chi connectivity index (χ4n) is 3.88. The lowest BCUT2D eigenvalue weighted by atomic mass is 9.81. The lowest BCUT2D eigenvalue weighted by Gasteiger charge is -2.35. The molecule has 0 aliphatic heterocycles. The van der Waals surface area contributed by atoms with Crippen molar-refractivity contribution in [3.8, 4) is 0 Å². The Kier molecular flexibility index (Phi) is 5.35. The van der Waals surface area contributed by atoms with Crippen molar-refractivity contribution in [1.82, 2.24) is 4.90 Å². The summed E-state index contributed by atoms with van der Waals surface area (Å²) in [6.45, 7) is 1.67. The molecule has 0 aromatic heterocycles. The lowest BCUT2D eigenvalue weighted by molar-refractivity contribution is -0.385. The molecule has 26 heavy (non-hydrogen) atoms. The van der Waals surface area contributed by atoms with Crippen LogP contribution >= 0.6 is 0 Å². The molecular weight excluding hydrogens is 328 g/mol. The van der Waals surface area contributed by atoms with Gasteiger partial charge in [-0.25, -0.2) is 0 Å². The van der Waals surface area contributed by atoms with E-state index in [4.69, 9.17) is 0 Å². The van der Waals surface area contributed by atoms with Crippen LogP contribution in [0.2, 0.25) is 0 Å². The molecule has 5 heteroatoms. The van der Waals surface area contributed by atoms with Crippen molar-refractivity contribution in [2.45, 2.75) is 44.6 Å². The standard InChI is InChI=1S/C21H24N2O3/c1-15-14-18(10-13-20(15)23(25)26)21(24)22(2)19-11-8-17(9-12-19)16-6-4-3-5-7-16/h3-7,10,13-14,17,19H,8-9,11-12H2,1-2H3. The van der Waals surface area contributed by atoms with E-state index >= 15 is 0 Å². The van der Waals surface area contributed by atoms with Gasteiger partial charge in [-0.2, -0.15) is 0 Å². The summed E-state index contributed by atoms with van der Waals surface area (Å²) in [5.74, 6) is 0.503. The van der Waals surface area contributed by atoms with Crippen LogP contribution in [0.5, 0.6) is 0 Å². The summed E-state index contributed by atoms with van der Waals surface area (Å²) in [5, 5.41) is 10.9. The second-order valence-electron chi connectivity index (χ2n) is 7.09. The number of rotatable bonds is 4. The SMILES string of the molecule is Cc1cc(C(=O)N(C)C2CCC(c3ccccc3)CC2)ccc1[N+](=O)[O-]. The Morgan fingerprint density at radius 2 is 1.73 bits per heavy atom. The van der Waals surface area contributed by atoms with Gasteiger partial charge in [-0.3, -0.25) is 14.9 Å². The van der Waals surface area contributed by atoms with Crippen LogP contribution in [0.25, 0.3) is 0 Å². The molecule has 1 saturated carbocycles. The van der Waals surface area contributed by atoms with Crippen molar-refractivity contribution in [2.75, 3.05) is 7.05 Å². The predicted octanol–water partition coefficient (Wildman–Crippen LogP) is 4.70. The van der Waals surface area contributed by atoms with Gasteiger partial charge in [0.25, 0.3) is 11.6 Å². The molecule has 0 saturated heterocycles. The number of benzene rings is 2. The van der Waals surface area contributed by atoms with Crippen LogP contribution in [0, 0.1) is 17.0 Å². The zero-order valence-corrected chi connectivity index (χ0v) is 15.2. The Bertz CT molecular complexity index is 796. The Morgan fingerprint density at radius 3 is 2.31 bits per heavy atom. The van der Waals surface area contributed by atoms with Crippen LogP contribution in [-0.2, 0) is 0 Å². The number of aryl methyl sites for hydroxylation is 1. The first-order chi connectivity index (χ1) is 12.5. The Labute approximate surface area is 153 Å². The summed E-state index contributed by atoms with van der Waals surface area (Å²) in [4.78, 5) is 25.1. The second-order valence-corrected chi connectivity index (χ2v) is 7.09. The van der Waals surface area contributed by atoms with Crippen LogP contribution in [0.15, 0.2) is 48.5 Å². The predicted molar refractivity (Wildman–Crippen MR) is 101 cm³/mol. The number of nitro groups is 1. The second kappa shape index (κ2) is 7.68. The third kappa shape index (κ3) is 3.77. The molecule has 0 unspecified atom stereocenters. The molecule has 0 N–H and O–H groups in total. The van der Waals surface area contributed by atoms with Gasteiger partial charge in [-0.1, -0.05) is 30.3 Å². The number of nitrogens with zero attached hydrogens (tertiary/aromatic N) is 2. The summed E-state index contributed by atoms with van der Waals surface area (Å²) in [5.41, 5.74) is 2.46. The first-order valence-corrected chi connectivity index (χ1v) is 9.04. The van der Waals surface area contributed by atoms with Crippen molar-refractivity contribution in [2.24, 2.45) is 0 Å². The summed E-state index contributed by atoms with van der Waals surface area (Å²) in [7, 11) is 1.84. The Morgan fingerprint density at radius 1 is 1.08 bits per heavy atom. The molecule has 0 spiro atoms. The van der Waals surface area contributed by atoms with E-state index in [-0.39, 0.29) is 17.6 Å².